The van der Waals surface area contributed by atoms with Crippen LogP contribution in [-0.4, -0.2) is 19.0 Å². The molecule has 28 heavy (non-hydrogen) atoms. The molecule has 2 heterocycles. The first-order valence-corrected chi connectivity index (χ1v) is 9.48. The van der Waals surface area contributed by atoms with Crippen molar-refractivity contribution in [3.05, 3.63) is 58.2 Å². The van der Waals surface area contributed by atoms with Crippen molar-refractivity contribution in [2.45, 2.75) is 32.5 Å². The van der Waals surface area contributed by atoms with Crippen LogP contribution in [0, 0.1) is 12.8 Å². The second-order valence-electron chi connectivity index (χ2n) is 7.05. The molecule has 4 nitrogen and oxygen atoms in total. The standard InChI is InChI=1S/C20H21ClF3N3O/c1-13-2-4-14(5-3-13)11-26-19(28)15-6-8-27(9-7-15)18-17(21)10-16(12-25-18)20(22,23)24/h2-5,10,12,15H,6-9,11H2,1H3,(H,26,28)/p+1. The highest BCUT2D eigenvalue weighted by Gasteiger charge is 2.35. The van der Waals surface area contributed by atoms with Gasteiger partial charge in [0.25, 0.3) is 5.82 Å². The number of aromatic nitrogens is 1. The fourth-order valence-corrected chi connectivity index (χ4v) is 3.56. The number of amides is 1. The van der Waals surface area contributed by atoms with E-state index in [0.29, 0.717) is 38.3 Å². The average Bonchev–Trinajstić information content (AvgIpc) is 2.67. The number of hydrogen-bond acceptors (Lipinski definition) is 2. The molecule has 1 aliphatic rings. The lowest BCUT2D eigenvalue weighted by Crippen LogP contribution is -2.42. The van der Waals surface area contributed by atoms with Crippen molar-refractivity contribution in [1.82, 2.24) is 5.32 Å². The molecule has 1 fully saturated rings. The van der Waals surface area contributed by atoms with Crippen LogP contribution in [0.5, 0.6) is 0 Å². The molecule has 1 amide bonds. The minimum absolute atomic E-state index is 0.00252. The molecule has 0 spiro atoms. The number of anilines is 1. The van der Waals surface area contributed by atoms with Gasteiger partial charge in [-0.05, 0) is 31.4 Å². The fourth-order valence-electron chi connectivity index (χ4n) is 3.27. The molecule has 2 aromatic rings. The van der Waals surface area contributed by atoms with Gasteiger partial charge in [-0.25, -0.2) is 4.98 Å². The van der Waals surface area contributed by atoms with E-state index in [2.05, 4.69) is 10.3 Å². The van der Waals surface area contributed by atoms with E-state index in [9.17, 15) is 18.0 Å². The predicted molar refractivity (Wildman–Crippen MR) is 101 cm³/mol. The molecule has 3 rings (SSSR count). The molecular formula is C20H22ClF3N3O+. The summed E-state index contributed by atoms with van der Waals surface area (Å²) in [5, 5.41) is 2.99. The van der Waals surface area contributed by atoms with E-state index in [1.165, 1.54) is 5.56 Å². The number of piperidine rings is 1. The summed E-state index contributed by atoms with van der Waals surface area (Å²) < 4.78 is 38.3. The number of nitrogens with one attached hydrogen (secondary N) is 2. The molecule has 0 saturated carbocycles. The molecule has 0 atom stereocenters. The monoisotopic (exact) mass is 412 g/mol. The largest absolute Gasteiger partial charge is 0.419 e. The summed E-state index contributed by atoms with van der Waals surface area (Å²) in [6, 6.07) is 8.91. The molecule has 1 aromatic carbocycles. The highest BCUT2D eigenvalue weighted by Crippen LogP contribution is 2.33. The van der Waals surface area contributed by atoms with E-state index < -0.39 is 11.7 Å². The number of carbonyl (C=O) groups is 1. The fraction of sp³-hybridized carbons (Fsp3) is 0.400. The third-order valence-corrected chi connectivity index (χ3v) is 5.26. The third kappa shape index (κ3) is 4.95. The van der Waals surface area contributed by atoms with E-state index in [0.717, 1.165) is 17.8 Å². The van der Waals surface area contributed by atoms with Crippen LogP contribution in [-0.2, 0) is 17.5 Å². The number of alkyl halides is 3. The van der Waals surface area contributed by atoms with Gasteiger partial charge in [-0.15, -0.1) is 0 Å². The number of aryl methyl sites for hydroxylation is 1. The van der Waals surface area contributed by atoms with Crippen molar-refractivity contribution in [2.75, 3.05) is 18.0 Å². The maximum Gasteiger partial charge on any atom is 0.419 e. The average molecular weight is 413 g/mol. The van der Waals surface area contributed by atoms with Crippen LogP contribution < -0.4 is 15.2 Å². The molecule has 1 saturated heterocycles. The molecule has 1 aliphatic heterocycles. The maximum atomic E-state index is 12.8. The van der Waals surface area contributed by atoms with Crippen molar-refractivity contribution in [2.24, 2.45) is 5.92 Å². The minimum atomic E-state index is -4.44. The molecule has 8 heteroatoms. The van der Waals surface area contributed by atoms with E-state index in [1.807, 2.05) is 36.1 Å². The Morgan fingerprint density at radius 1 is 1.25 bits per heavy atom. The van der Waals surface area contributed by atoms with E-state index in [-0.39, 0.29) is 16.8 Å². The first-order chi connectivity index (χ1) is 13.2. The van der Waals surface area contributed by atoms with Crippen molar-refractivity contribution in [3.8, 4) is 0 Å². The third-order valence-electron chi connectivity index (χ3n) is 4.97. The highest BCUT2D eigenvalue weighted by molar-refractivity contribution is 6.32. The molecule has 1 aromatic heterocycles. The van der Waals surface area contributed by atoms with Crippen molar-refractivity contribution < 1.29 is 22.9 Å². The maximum absolute atomic E-state index is 12.8. The second-order valence-corrected chi connectivity index (χ2v) is 7.45. The summed E-state index contributed by atoms with van der Waals surface area (Å²) in [6.45, 7) is 3.59. The van der Waals surface area contributed by atoms with E-state index >= 15 is 0 Å². The van der Waals surface area contributed by atoms with E-state index in [4.69, 9.17) is 11.6 Å². The Kier molecular flexibility index (Phi) is 6.13. The van der Waals surface area contributed by atoms with Gasteiger partial charge >= 0.3 is 6.18 Å². The molecule has 0 unspecified atom stereocenters. The number of nitrogens with zero attached hydrogens (tertiary/aromatic N) is 1. The second kappa shape index (κ2) is 8.39. The van der Waals surface area contributed by atoms with Gasteiger partial charge in [-0.3, -0.25) is 9.69 Å². The van der Waals surface area contributed by atoms with Crippen LogP contribution >= 0.6 is 11.6 Å². The number of halogens is 4. The highest BCUT2D eigenvalue weighted by atomic mass is 35.5. The quantitative estimate of drug-likeness (QED) is 0.824. The number of aromatic amines is 1. The zero-order valence-corrected chi connectivity index (χ0v) is 16.2. The summed E-state index contributed by atoms with van der Waals surface area (Å²) in [6.07, 6.45) is -2.29. The van der Waals surface area contributed by atoms with Crippen LogP contribution in [0.2, 0.25) is 5.02 Å². The van der Waals surface area contributed by atoms with Gasteiger partial charge in [0.2, 0.25) is 5.91 Å². The van der Waals surface area contributed by atoms with Crippen molar-refractivity contribution in [3.63, 3.8) is 0 Å². The molecule has 0 radical (unpaired) electrons. The van der Waals surface area contributed by atoms with Gasteiger partial charge in [-0.2, -0.15) is 13.2 Å². The predicted octanol–water partition coefficient (Wildman–Crippen LogP) is 4.01. The smallest absolute Gasteiger partial charge is 0.352 e. The summed E-state index contributed by atoms with van der Waals surface area (Å²) in [7, 11) is 0. The zero-order valence-electron chi connectivity index (χ0n) is 15.4. The molecular weight excluding hydrogens is 391 g/mol. The van der Waals surface area contributed by atoms with Gasteiger partial charge in [0.05, 0.1) is 18.7 Å². The summed E-state index contributed by atoms with van der Waals surface area (Å²) in [5.41, 5.74) is 1.40. The van der Waals surface area contributed by atoms with Crippen LogP contribution in [0.15, 0.2) is 36.5 Å². The summed E-state index contributed by atoms with van der Waals surface area (Å²) >= 11 is 6.04. The van der Waals surface area contributed by atoms with Crippen LogP contribution in [0.3, 0.4) is 0 Å². The molecule has 150 valence electrons. The number of H-pyrrole nitrogens is 1. The first kappa shape index (κ1) is 20.5. The molecule has 2 N–H and O–H groups in total. The Morgan fingerprint density at radius 3 is 2.46 bits per heavy atom. The van der Waals surface area contributed by atoms with Gasteiger partial charge in [-0.1, -0.05) is 41.4 Å². The van der Waals surface area contributed by atoms with Crippen LogP contribution in [0.4, 0.5) is 19.0 Å². The van der Waals surface area contributed by atoms with Gasteiger partial charge in [0.1, 0.15) is 11.2 Å². The van der Waals surface area contributed by atoms with Gasteiger partial charge < -0.3 is 5.32 Å². The zero-order chi connectivity index (χ0) is 20.3. The Labute approximate surface area is 166 Å². The van der Waals surface area contributed by atoms with Gasteiger partial charge in [0.15, 0.2) is 0 Å². The first-order valence-electron chi connectivity index (χ1n) is 9.10. The number of hydrogen-bond donors (Lipinski definition) is 1. The SMILES string of the molecule is Cc1ccc(CNC(=O)C2CCN(c3[nH+]cc(C(F)(F)F)cc3Cl)CC2)cc1. The lowest BCUT2D eigenvalue weighted by atomic mass is 9.95. The minimum Gasteiger partial charge on any atom is -0.352 e. The molecule has 0 aliphatic carbocycles. The Morgan fingerprint density at radius 2 is 1.89 bits per heavy atom. The lowest BCUT2D eigenvalue weighted by Gasteiger charge is -2.27. The van der Waals surface area contributed by atoms with Gasteiger partial charge in [0, 0.05) is 12.5 Å². The van der Waals surface area contributed by atoms with Crippen LogP contribution in [0.1, 0.15) is 29.5 Å². The Bertz CT molecular complexity index is 832. The number of rotatable bonds is 4. The van der Waals surface area contributed by atoms with Crippen molar-refractivity contribution in [1.29, 1.82) is 0 Å². The topological polar surface area (TPSA) is 46.5 Å². The number of benzene rings is 1. The normalized spacial score (nSPS) is 15.5. The number of carbonyl (C=O) groups excluding carboxylic acids is 1. The lowest BCUT2D eigenvalue weighted by molar-refractivity contribution is -0.367. The Hall–Kier alpha value is -2.28. The summed E-state index contributed by atoms with van der Waals surface area (Å²) in [5.74, 6) is 0.339. The number of pyridine rings is 1. The summed E-state index contributed by atoms with van der Waals surface area (Å²) in [4.78, 5) is 16.9. The molecule has 0 bridgehead atoms. The van der Waals surface area contributed by atoms with E-state index in [1.54, 1.807) is 0 Å². The van der Waals surface area contributed by atoms with Crippen molar-refractivity contribution >= 4 is 23.3 Å². The van der Waals surface area contributed by atoms with Crippen LogP contribution in [0.25, 0.3) is 0 Å². The Balaban J connectivity index is 1.54.